The zero-order chi connectivity index (χ0) is 15.0. The summed E-state index contributed by atoms with van der Waals surface area (Å²) in [5.41, 5.74) is 0.276. The number of carboxylic acids is 1. The number of thioether (sulfide) groups is 1. The summed E-state index contributed by atoms with van der Waals surface area (Å²) in [6.07, 6.45) is 3.54. The predicted molar refractivity (Wildman–Crippen MR) is 85.8 cm³/mol. The van der Waals surface area contributed by atoms with E-state index in [1.807, 2.05) is 13.8 Å². The molecular weight excluding hydrogens is 292 g/mol. The highest BCUT2D eigenvalue weighted by Crippen LogP contribution is 2.24. The standard InChI is InChI=1S/C14H24N2O2S2/c1-4-8-15-14(3,12(17)18)7-5-6-9-19-13-16-11(2)10-20-13/h10,15H,4-9H2,1-3H3,(H,17,18). The lowest BCUT2D eigenvalue weighted by Gasteiger charge is -2.26. The van der Waals surface area contributed by atoms with Gasteiger partial charge in [-0.3, -0.25) is 4.79 Å². The normalized spacial score (nSPS) is 14.2. The van der Waals surface area contributed by atoms with Gasteiger partial charge in [-0.2, -0.15) is 0 Å². The number of aryl methyl sites for hydroxylation is 1. The Hall–Kier alpha value is -0.590. The van der Waals surface area contributed by atoms with E-state index >= 15 is 0 Å². The molecule has 6 heteroatoms. The number of hydrogen-bond acceptors (Lipinski definition) is 5. The van der Waals surface area contributed by atoms with Gasteiger partial charge in [0.05, 0.1) is 0 Å². The van der Waals surface area contributed by atoms with Crippen LogP contribution in [0.4, 0.5) is 0 Å². The predicted octanol–water partition coefficient (Wildman–Crippen LogP) is 3.56. The van der Waals surface area contributed by atoms with Crippen LogP contribution in [0, 0.1) is 6.92 Å². The average Bonchev–Trinajstić information content (AvgIpc) is 2.81. The lowest BCUT2D eigenvalue weighted by molar-refractivity contribution is -0.144. The van der Waals surface area contributed by atoms with Crippen molar-refractivity contribution in [2.24, 2.45) is 0 Å². The van der Waals surface area contributed by atoms with Crippen LogP contribution in [0.2, 0.25) is 0 Å². The molecule has 1 rings (SSSR count). The molecule has 0 fully saturated rings. The molecule has 0 aromatic carbocycles. The minimum absolute atomic E-state index is 0.666. The zero-order valence-electron chi connectivity index (χ0n) is 12.4. The Balaban J connectivity index is 2.25. The van der Waals surface area contributed by atoms with Crippen molar-refractivity contribution in [3.05, 3.63) is 11.1 Å². The molecule has 1 atom stereocenters. The highest BCUT2D eigenvalue weighted by atomic mass is 32.2. The third kappa shape index (κ3) is 5.81. The highest BCUT2D eigenvalue weighted by Gasteiger charge is 2.31. The Bertz CT molecular complexity index is 423. The molecule has 1 heterocycles. The van der Waals surface area contributed by atoms with Crippen molar-refractivity contribution in [3.8, 4) is 0 Å². The molecule has 0 bridgehead atoms. The maximum atomic E-state index is 11.3. The van der Waals surface area contributed by atoms with E-state index in [0.717, 1.165) is 41.6 Å². The Labute approximate surface area is 129 Å². The zero-order valence-corrected chi connectivity index (χ0v) is 14.1. The number of hydrogen-bond donors (Lipinski definition) is 2. The van der Waals surface area contributed by atoms with Gasteiger partial charge in [0.2, 0.25) is 0 Å². The van der Waals surface area contributed by atoms with Crippen molar-refractivity contribution in [1.29, 1.82) is 0 Å². The lowest BCUT2D eigenvalue weighted by Crippen LogP contribution is -2.49. The van der Waals surface area contributed by atoms with Crippen molar-refractivity contribution in [2.45, 2.75) is 56.3 Å². The van der Waals surface area contributed by atoms with Gasteiger partial charge < -0.3 is 10.4 Å². The molecule has 1 unspecified atom stereocenters. The minimum Gasteiger partial charge on any atom is -0.480 e. The maximum absolute atomic E-state index is 11.3. The van der Waals surface area contributed by atoms with Gasteiger partial charge in [-0.15, -0.1) is 11.3 Å². The summed E-state index contributed by atoms with van der Waals surface area (Å²) in [5.74, 6) is 0.241. The second-order valence-electron chi connectivity index (χ2n) is 5.12. The summed E-state index contributed by atoms with van der Waals surface area (Å²) >= 11 is 3.43. The van der Waals surface area contributed by atoms with Crippen LogP contribution in [-0.2, 0) is 4.79 Å². The van der Waals surface area contributed by atoms with Crippen LogP contribution in [0.5, 0.6) is 0 Å². The van der Waals surface area contributed by atoms with E-state index in [2.05, 4.69) is 15.7 Å². The molecule has 2 N–H and O–H groups in total. The van der Waals surface area contributed by atoms with Gasteiger partial charge in [0.1, 0.15) is 9.88 Å². The number of unbranched alkanes of at least 4 members (excludes halogenated alkanes) is 1. The molecule has 0 spiro atoms. The van der Waals surface area contributed by atoms with Crippen LogP contribution in [0.15, 0.2) is 9.72 Å². The van der Waals surface area contributed by atoms with Crippen LogP contribution in [0.1, 0.15) is 45.2 Å². The monoisotopic (exact) mass is 316 g/mol. The minimum atomic E-state index is -0.793. The molecule has 0 aliphatic rings. The second kappa shape index (κ2) is 8.64. The van der Waals surface area contributed by atoms with Gasteiger partial charge in [0.15, 0.2) is 0 Å². The van der Waals surface area contributed by atoms with Crippen molar-refractivity contribution in [3.63, 3.8) is 0 Å². The summed E-state index contributed by atoms with van der Waals surface area (Å²) in [7, 11) is 0. The van der Waals surface area contributed by atoms with Gasteiger partial charge >= 0.3 is 5.97 Å². The molecule has 1 aromatic rings. The third-order valence-corrected chi connectivity index (χ3v) is 5.36. The van der Waals surface area contributed by atoms with Crippen molar-refractivity contribution in [1.82, 2.24) is 10.3 Å². The van der Waals surface area contributed by atoms with Crippen LogP contribution >= 0.6 is 23.1 Å². The molecule has 0 saturated carbocycles. The molecule has 114 valence electrons. The number of rotatable bonds is 10. The van der Waals surface area contributed by atoms with Crippen LogP contribution in [0.25, 0.3) is 0 Å². The fourth-order valence-corrected chi connectivity index (χ4v) is 3.73. The lowest BCUT2D eigenvalue weighted by atomic mass is 9.95. The quantitative estimate of drug-likeness (QED) is 0.510. The Morgan fingerprint density at radius 1 is 1.55 bits per heavy atom. The summed E-state index contributed by atoms with van der Waals surface area (Å²) < 4.78 is 1.10. The molecule has 0 saturated heterocycles. The second-order valence-corrected chi connectivity index (χ2v) is 7.32. The number of aliphatic carboxylic acids is 1. The first kappa shape index (κ1) is 17.5. The highest BCUT2D eigenvalue weighted by molar-refractivity contribution is 8.00. The van der Waals surface area contributed by atoms with Crippen molar-refractivity contribution in [2.75, 3.05) is 12.3 Å². The summed E-state index contributed by atoms with van der Waals surface area (Å²) in [4.78, 5) is 15.7. The Morgan fingerprint density at radius 3 is 2.85 bits per heavy atom. The van der Waals surface area contributed by atoms with E-state index in [1.165, 1.54) is 0 Å². The van der Waals surface area contributed by atoms with E-state index < -0.39 is 11.5 Å². The van der Waals surface area contributed by atoms with Gasteiger partial charge in [0.25, 0.3) is 0 Å². The Kier molecular flexibility index (Phi) is 7.55. The van der Waals surface area contributed by atoms with Crippen LogP contribution < -0.4 is 5.32 Å². The number of nitrogens with one attached hydrogen (secondary N) is 1. The molecule has 0 aliphatic heterocycles. The molecule has 0 radical (unpaired) electrons. The van der Waals surface area contributed by atoms with Crippen LogP contribution in [-0.4, -0.2) is 33.9 Å². The summed E-state index contributed by atoms with van der Waals surface area (Å²) in [5, 5.41) is 14.5. The SMILES string of the molecule is CCCNC(C)(CCCCSc1nc(C)cs1)C(=O)O. The number of carboxylic acid groups (broad SMARTS) is 1. The topological polar surface area (TPSA) is 62.2 Å². The Morgan fingerprint density at radius 2 is 2.30 bits per heavy atom. The van der Waals surface area contributed by atoms with E-state index in [0.29, 0.717) is 6.42 Å². The number of carbonyl (C=O) groups is 1. The van der Waals surface area contributed by atoms with Gasteiger partial charge in [-0.1, -0.05) is 25.1 Å². The van der Waals surface area contributed by atoms with Crippen LogP contribution in [0.3, 0.4) is 0 Å². The number of nitrogens with zero attached hydrogens (tertiary/aromatic N) is 1. The van der Waals surface area contributed by atoms with E-state index in [-0.39, 0.29) is 0 Å². The maximum Gasteiger partial charge on any atom is 0.323 e. The smallest absolute Gasteiger partial charge is 0.323 e. The molecule has 0 aliphatic carbocycles. The average molecular weight is 316 g/mol. The third-order valence-electron chi connectivity index (χ3n) is 3.13. The first-order chi connectivity index (χ1) is 9.48. The summed E-state index contributed by atoms with van der Waals surface area (Å²) in [6, 6.07) is 0. The fourth-order valence-electron chi connectivity index (χ4n) is 1.81. The first-order valence-corrected chi connectivity index (χ1v) is 8.88. The first-order valence-electron chi connectivity index (χ1n) is 7.01. The van der Waals surface area contributed by atoms with Gasteiger partial charge in [-0.05, 0) is 39.7 Å². The molecule has 4 nitrogen and oxygen atoms in total. The van der Waals surface area contributed by atoms with Gasteiger partial charge in [0, 0.05) is 16.8 Å². The fraction of sp³-hybridized carbons (Fsp3) is 0.714. The van der Waals surface area contributed by atoms with Gasteiger partial charge in [-0.25, -0.2) is 4.98 Å². The molecule has 0 amide bonds. The number of aromatic nitrogens is 1. The summed E-state index contributed by atoms with van der Waals surface area (Å²) in [6.45, 7) is 6.57. The molecular formula is C14H24N2O2S2. The van der Waals surface area contributed by atoms with E-state index in [4.69, 9.17) is 0 Å². The van der Waals surface area contributed by atoms with E-state index in [9.17, 15) is 9.90 Å². The molecule has 1 aromatic heterocycles. The number of thiazole rings is 1. The largest absolute Gasteiger partial charge is 0.480 e. The van der Waals surface area contributed by atoms with Crippen molar-refractivity contribution >= 4 is 29.1 Å². The molecule has 20 heavy (non-hydrogen) atoms. The van der Waals surface area contributed by atoms with Crippen molar-refractivity contribution < 1.29 is 9.90 Å². The van der Waals surface area contributed by atoms with E-state index in [1.54, 1.807) is 30.0 Å².